The van der Waals surface area contributed by atoms with Crippen LogP contribution < -0.4 is 0 Å². The van der Waals surface area contributed by atoms with Gasteiger partial charge < -0.3 is 10.0 Å². The summed E-state index contributed by atoms with van der Waals surface area (Å²) in [6.07, 6.45) is 3.17. The van der Waals surface area contributed by atoms with E-state index in [1.807, 2.05) is 13.1 Å². The molecule has 0 aromatic carbocycles. The molecule has 0 radical (unpaired) electrons. The molecule has 0 bridgehead atoms. The highest BCUT2D eigenvalue weighted by Gasteiger charge is 2.41. The molecular formula is C12H18N2O2S2. The average Bonchev–Trinajstić information content (AvgIpc) is 2.95. The summed E-state index contributed by atoms with van der Waals surface area (Å²) in [5.74, 6) is 1.23. The second-order valence-electron chi connectivity index (χ2n) is 4.68. The van der Waals surface area contributed by atoms with Gasteiger partial charge in [-0.2, -0.15) is 11.8 Å². The van der Waals surface area contributed by atoms with Crippen LogP contribution in [0.3, 0.4) is 0 Å². The molecule has 6 heteroatoms. The number of aliphatic hydroxyl groups is 1. The SMILES string of the molecule is Cc1cnc(CCN(C)C(=O)C2(O)CCSC2)s1. The van der Waals surface area contributed by atoms with Crippen molar-refractivity contribution < 1.29 is 9.90 Å². The van der Waals surface area contributed by atoms with Gasteiger partial charge in [-0.15, -0.1) is 11.3 Å². The molecule has 1 fully saturated rings. The number of aromatic nitrogens is 1. The van der Waals surface area contributed by atoms with E-state index in [9.17, 15) is 9.90 Å². The smallest absolute Gasteiger partial charge is 0.255 e. The summed E-state index contributed by atoms with van der Waals surface area (Å²) in [7, 11) is 1.75. The maximum atomic E-state index is 12.1. The van der Waals surface area contributed by atoms with Crippen LogP contribution in [-0.2, 0) is 11.2 Å². The maximum Gasteiger partial charge on any atom is 0.255 e. The Morgan fingerprint density at radius 3 is 3.00 bits per heavy atom. The summed E-state index contributed by atoms with van der Waals surface area (Å²) in [6.45, 7) is 2.63. The number of nitrogens with zero attached hydrogens (tertiary/aromatic N) is 2. The van der Waals surface area contributed by atoms with Gasteiger partial charge in [-0.05, 0) is 19.1 Å². The minimum Gasteiger partial charge on any atom is -0.379 e. The second-order valence-corrected chi connectivity index (χ2v) is 7.10. The van der Waals surface area contributed by atoms with Crippen LogP contribution in [0.2, 0.25) is 0 Å². The minimum absolute atomic E-state index is 0.152. The quantitative estimate of drug-likeness (QED) is 0.907. The fourth-order valence-electron chi connectivity index (χ4n) is 1.96. The first-order chi connectivity index (χ1) is 8.51. The van der Waals surface area contributed by atoms with E-state index in [2.05, 4.69) is 4.98 Å². The van der Waals surface area contributed by atoms with Crippen LogP contribution in [-0.4, -0.2) is 51.6 Å². The molecule has 2 heterocycles. The van der Waals surface area contributed by atoms with E-state index in [-0.39, 0.29) is 5.91 Å². The van der Waals surface area contributed by atoms with Gasteiger partial charge in [0.15, 0.2) is 5.60 Å². The third-order valence-corrected chi connectivity index (χ3v) is 5.22. The van der Waals surface area contributed by atoms with Crippen molar-refractivity contribution in [1.82, 2.24) is 9.88 Å². The summed E-state index contributed by atoms with van der Waals surface area (Å²) in [5.41, 5.74) is -1.14. The topological polar surface area (TPSA) is 53.4 Å². The number of thioether (sulfide) groups is 1. The third-order valence-electron chi connectivity index (χ3n) is 3.08. The molecule has 0 saturated carbocycles. The van der Waals surface area contributed by atoms with Crippen molar-refractivity contribution in [3.63, 3.8) is 0 Å². The second kappa shape index (κ2) is 5.59. The zero-order valence-electron chi connectivity index (χ0n) is 10.7. The zero-order valence-corrected chi connectivity index (χ0v) is 12.3. The first-order valence-electron chi connectivity index (χ1n) is 5.98. The van der Waals surface area contributed by atoms with Crippen LogP contribution in [0.15, 0.2) is 6.20 Å². The first kappa shape index (κ1) is 13.8. The van der Waals surface area contributed by atoms with Gasteiger partial charge in [0.2, 0.25) is 0 Å². The van der Waals surface area contributed by atoms with E-state index in [4.69, 9.17) is 0 Å². The van der Waals surface area contributed by atoms with E-state index in [1.54, 1.807) is 35.0 Å². The Balaban J connectivity index is 1.87. The number of likely N-dealkylation sites (N-methyl/N-ethyl adjacent to an activating group) is 1. The Morgan fingerprint density at radius 2 is 2.44 bits per heavy atom. The van der Waals surface area contributed by atoms with E-state index in [0.29, 0.717) is 18.7 Å². The highest BCUT2D eigenvalue weighted by atomic mass is 32.2. The molecule has 2 rings (SSSR count). The molecule has 4 nitrogen and oxygen atoms in total. The number of hydrogen-bond acceptors (Lipinski definition) is 5. The predicted molar refractivity (Wildman–Crippen MR) is 75.1 cm³/mol. The van der Waals surface area contributed by atoms with Crippen LogP contribution in [0, 0.1) is 6.92 Å². The van der Waals surface area contributed by atoms with Gasteiger partial charge >= 0.3 is 0 Å². The largest absolute Gasteiger partial charge is 0.379 e. The van der Waals surface area contributed by atoms with Crippen molar-refractivity contribution in [3.05, 3.63) is 16.1 Å². The van der Waals surface area contributed by atoms with E-state index < -0.39 is 5.60 Å². The molecule has 100 valence electrons. The molecule has 1 amide bonds. The van der Waals surface area contributed by atoms with Gasteiger partial charge in [0.1, 0.15) is 0 Å². The van der Waals surface area contributed by atoms with Crippen molar-refractivity contribution in [1.29, 1.82) is 0 Å². The Labute approximate surface area is 115 Å². The summed E-state index contributed by atoms with van der Waals surface area (Å²) in [4.78, 5) is 19.2. The number of carbonyl (C=O) groups is 1. The van der Waals surface area contributed by atoms with Crippen LogP contribution in [0.5, 0.6) is 0 Å². The molecular weight excluding hydrogens is 268 g/mol. The van der Waals surface area contributed by atoms with Gasteiger partial charge in [0.25, 0.3) is 5.91 Å². The van der Waals surface area contributed by atoms with Crippen LogP contribution in [0.25, 0.3) is 0 Å². The Kier molecular flexibility index (Phi) is 4.29. The Hall–Kier alpha value is -0.590. The van der Waals surface area contributed by atoms with Gasteiger partial charge in [0.05, 0.1) is 5.01 Å². The number of carbonyl (C=O) groups excluding carboxylic acids is 1. The van der Waals surface area contributed by atoms with Crippen molar-refractivity contribution in [3.8, 4) is 0 Å². The molecule has 0 spiro atoms. The third kappa shape index (κ3) is 3.05. The van der Waals surface area contributed by atoms with Gasteiger partial charge in [0, 0.05) is 36.8 Å². The number of amides is 1. The Bertz CT molecular complexity index is 427. The lowest BCUT2D eigenvalue weighted by Gasteiger charge is -2.26. The highest BCUT2D eigenvalue weighted by Crippen LogP contribution is 2.29. The summed E-state index contributed by atoms with van der Waals surface area (Å²) >= 11 is 3.29. The molecule has 1 aliphatic heterocycles. The lowest BCUT2D eigenvalue weighted by Crippen LogP contribution is -2.48. The normalized spacial score (nSPS) is 23.3. The monoisotopic (exact) mass is 286 g/mol. The molecule has 1 N–H and O–H groups in total. The molecule has 18 heavy (non-hydrogen) atoms. The van der Waals surface area contributed by atoms with Gasteiger partial charge in [-0.25, -0.2) is 4.98 Å². The van der Waals surface area contributed by atoms with Crippen LogP contribution >= 0.6 is 23.1 Å². The number of rotatable bonds is 4. The van der Waals surface area contributed by atoms with Crippen molar-refractivity contribution in [2.45, 2.75) is 25.4 Å². The fraction of sp³-hybridized carbons (Fsp3) is 0.667. The number of hydrogen-bond donors (Lipinski definition) is 1. The van der Waals surface area contributed by atoms with Crippen LogP contribution in [0.4, 0.5) is 0 Å². The standard InChI is InChI=1S/C12H18N2O2S2/c1-9-7-13-10(18-9)3-5-14(2)11(15)12(16)4-6-17-8-12/h7,16H,3-6,8H2,1-2H3. The average molecular weight is 286 g/mol. The molecule has 1 saturated heterocycles. The zero-order chi connectivity index (χ0) is 13.2. The van der Waals surface area contributed by atoms with Gasteiger partial charge in [-0.3, -0.25) is 4.79 Å². The lowest BCUT2D eigenvalue weighted by molar-refractivity contribution is -0.147. The van der Waals surface area contributed by atoms with E-state index in [1.165, 1.54) is 4.88 Å². The lowest BCUT2D eigenvalue weighted by atomic mass is 10.0. The van der Waals surface area contributed by atoms with E-state index in [0.717, 1.165) is 17.2 Å². The molecule has 0 aliphatic carbocycles. The predicted octanol–water partition coefficient (Wildman–Crippen LogP) is 1.32. The van der Waals surface area contributed by atoms with E-state index >= 15 is 0 Å². The first-order valence-corrected chi connectivity index (χ1v) is 7.95. The summed E-state index contributed by atoms with van der Waals surface area (Å²) in [6, 6.07) is 0. The Morgan fingerprint density at radius 1 is 1.67 bits per heavy atom. The minimum atomic E-state index is -1.14. The van der Waals surface area contributed by atoms with Gasteiger partial charge in [-0.1, -0.05) is 0 Å². The van der Waals surface area contributed by atoms with Crippen LogP contribution in [0.1, 0.15) is 16.3 Å². The van der Waals surface area contributed by atoms with Crippen molar-refractivity contribution >= 4 is 29.0 Å². The number of aryl methyl sites for hydroxylation is 1. The fourth-order valence-corrected chi connectivity index (χ4v) is 3.97. The molecule has 1 aromatic heterocycles. The summed E-state index contributed by atoms with van der Waals surface area (Å²) < 4.78 is 0. The summed E-state index contributed by atoms with van der Waals surface area (Å²) in [5, 5.41) is 11.2. The molecule has 1 atom stereocenters. The van der Waals surface area contributed by atoms with Crippen molar-refractivity contribution in [2.75, 3.05) is 25.1 Å². The number of thiazole rings is 1. The van der Waals surface area contributed by atoms with Crippen molar-refractivity contribution in [2.24, 2.45) is 0 Å². The highest BCUT2D eigenvalue weighted by molar-refractivity contribution is 7.99. The molecule has 1 unspecified atom stereocenters. The molecule has 1 aromatic rings. The maximum absolute atomic E-state index is 12.1. The molecule has 1 aliphatic rings.